The van der Waals surface area contributed by atoms with Crippen molar-refractivity contribution in [3.63, 3.8) is 0 Å². The predicted octanol–water partition coefficient (Wildman–Crippen LogP) is 3.58. The first-order valence-electron chi connectivity index (χ1n) is 7.05. The number of hydrogen-bond acceptors (Lipinski definition) is 3. The van der Waals surface area contributed by atoms with E-state index >= 15 is 0 Å². The van der Waals surface area contributed by atoms with E-state index < -0.39 is 5.97 Å². The number of anilines is 1. The van der Waals surface area contributed by atoms with Crippen LogP contribution < -0.4 is 5.32 Å². The van der Waals surface area contributed by atoms with Crippen molar-refractivity contribution in [3.8, 4) is 5.75 Å². The summed E-state index contributed by atoms with van der Waals surface area (Å²) in [5.74, 6) is -0.630. The highest BCUT2D eigenvalue weighted by atomic mass is 16.4. The summed E-state index contributed by atoms with van der Waals surface area (Å²) in [6, 6.07) is 12.5. The van der Waals surface area contributed by atoms with Crippen molar-refractivity contribution in [2.45, 2.75) is 25.3 Å². The maximum Gasteiger partial charge on any atom is 0.335 e. The number of carboxylic acids is 1. The third kappa shape index (κ3) is 2.84. The summed E-state index contributed by atoms with van der Waals surface area (Å²) >= 11 is 0. The number of fused-ring (bicyclic) bond motifs is 1. The third-order valence-corrected chi connectivity index (χ3v) is 3.89. The molecule has 3 N–H and O–H groups in total. The number of aromatic hydroxyl groups is 1. The van der Waals surface area contributed by atoms with E-state index in [0.717, 1.165) is 30.5 Å². The fourth-order valence-corrected chi connectivity index (χ4v) is 2.89. The van der Waals surface area contributed by atoms with Crippen molar-refractivity contribution >= 4 is 11.7 Å². The first-order chi connectivity index (χ1) is 10.1. The minimum absolute atomic E-state index is 0.151. The first kappa shape index (κ1) is 13.5. The number of phenols is 1. The second-order valence-electron chi connectivity index (χ2n) is 5.36. The van der Waals surface area contributed by atoms with Crippen LogP contribution in [-0.4, -0.2) is 16.2 Å². The Morgan fingerprint density at radius 2 is 2.05 bits per heavy atom. The summed E-state index contributed by atoms with van der Waals surface area (Å²) in [4.78, 5) is 11.0. The Balaban J connectivity index is 1.86. The zero-order valence-corrected chi connectivity index (χ0v) is 11.5. The molecule has 0 aromatic heterocycles. The molecule has 0 amide bonds. The number of carboxylic acid groups (broad SMARTS) is 1. The molecule has 4 nitrogen and oxygen atoms in total. The van der Waals surface area contributed by atoms with Gasteiger partial charge in [0.1, 0.15) is 5.75 Å². The second-order valence-corrected chi connectivity index (χ2v) is 5.36. The van der Waals surface area contributed by atoms with E-state index in [9.17, 15) is 9.90 Å². The Bertz CT molecular complexity index is 681. The molecule has 3 rings (SSSR count). The van der Waals surface area contributed by atoms with Crippen LogP contribution in [-0.2, 0) is 6.42 Å². The van der Waals surface area contributed by atoms with Gasteiger partial charge >= 0.3 is 5.97 Å². The van der Waals surface area contributed by atoms with Crippen molar-refractivity contribution in [3.05, 3.63) is 59.2 Å². The van der Waals surface area contributed by atoms with Gasteiger partial charge in [-0.1, -0.05) is 12.1 Å². The second kappa shape index (κ2) is 5.48. The Kier molecular flexibility index (Phi) is 3.52. The van der Waals surface area contributed by atoms with E-state index in [4.69, 9.17) is 5.11 Å². The Morgan fingerprint density at radius 3 is 2.86 bits per heavy atom. The lowest BCUT2D eigenvalue weighted by Crippen LogP contribution is -2.17. The minimum Gasteiger partial charge on any atom is -0.508 e. The van der Waals surface area contributed by atoms with E-state index in [0.29, 0.717) is 5.75 Å². The van der Waals surface area contributed by atoms with Crippen molar-refractivity contribution in [1.29, 1.82) is 0 Å². The van der Waals surface area contributed by atoms with Gasteiger partial charge in [0.2, 0.25) is 0 Å². The van der Waals surface area contributed by atoms with Crippen LogP contribution in [0, 0.1) is 0 Å². The molecule has 0 saturated carbocycles. The summed E-state index contributed by atoms with van der Waals surface area (Å²) in [7, 11) is 0. The molecule has 2 aromatic rings. The molecule has 0 saturated heterocycles. The van der Waals surface area contributed by atoms with Crippen LogP contribution >= 0.6 is 0 Å². The molecule has 0 radical (unpaired) electrons. The lowest BCUT2D eigenvalue weighted by Gasteiger charge is -2.27. The lowest BCUT2D eigenvalue weighted by molar-refractivity contribution is 0.0697. The maximum absolute atomic E-state index is 11.0. The Labute approximate surface area is 123 Å². The molecule has 1 unspecified atom stereocenters. The molecule has 1 aliphatic rings. The molecule has 0 aliphatic heterocycles. The van der Waals surface area contributed by atoms with Crippen molar-refractivity contribution in [2.24, 2.45) is 0 Å². The molecule has 1 aliphatic carbocycles. The van der Waals surface area contributed by atoms with Crippen LogP contribution in [0.1, 0.15) is 40.4 Å². The zero-order valence-electron chi connectivity index (χ0n) is 11.5. The fourth-order valence-electron chi connectivity index (χ4n) is 2.89. The molecular weight excluding hydrogens is 266 g/mol. The number of aromatic carboxylic acids is 1. The van der Waals surface area contributed by atoms with Crippen LogP contribution in [0.25, 0.3) is 0 Å². The molecule has 2 aromatic carbocycles. The summed E-state index contributed by atoms with van der Waals surface area (Å²) in [6.07, 6.45) is 3.01. The SMILES string of the molecule is O=C(O)c1cccc(NC2CCCc3cc(O)ccc32)c1. The zero-order chi connectivity index (χ0) is 14.8. The van der Waals surface area contributed by atoms with Crippen LogP contribution in [0.15, 0.2) is 42.5 Å². The molecule has 0 heterocycles. The quantitative estimate of drug-likeness (QED) is 0.805. The van der Waals surface area contributed by atoms with Gasteiger partial charge in [0.25, 0.3) is 0 Å². The molecule has 21 heavy (non-hydrogen) atoms. The van der Waals surface area contributed by atoms with Crippen LogP contribution in [0.3, 0.4) is 0 Å². The highest BCUT2D eigenvalue weighted by molar-refractivity contribution is 5.88. The number of hydrogen-bond donors (Lipinski definition) is 3. The van der Waals surface area contributed by atoms with Gasteiger partial charge in [0, 0.05) is 5.69 Å². The molecule has 1 atom stereocenters. The number of nitrogens with one attached hydrogen (secondary N) is 1. The van der Waals surface area contributed by atoms with Gasteiger partial charge in [-0.3, -0.25) is 0 Å². The highest BCUT2D eigenvalue weighted by Crippen LogP contribution is 2.34. The molecule has 4 heteroatoms. The minimum atomic E-state index is -0.924. The van der Waals surface area contributed by atoms with Gasteiger partial charge in [0.15, 0.2) is 0 Å². The van der Waals surface area contributed by atoms with E-state index in [1.165, 1.54) is 5.56 Å². The fraction of sp³-hybridized carbons (Fsp3) is 0.235. The van der Waals surface area contributed by atoms with Gasteiger partial charge < -0.3 is 15.5 Å². The standard InChI is InChI=1S/C17H17NO3/c19-14-7-8-15-11(10-14)3-2-6-16(15)18-13-5-1-4-12(9-13)17(20)21/h1,4-5,7-10,16,18-19H,2-3,6H2,(H,20,21). The summed E-state index contributed by atoms with van der Waals surface area (Å²) < 4.78 is 0. The Morgan fingerprint density at radius 1 is 1.19 bits per heavy atom. The summed E-state index contributed by atoms with van der Waals surface area (Å²) in [5.41, 5.74) is 3.43. The average molecular weight is 283 g/mol. The molecular formula is C17H17NO3. The Hall–Kier alpha value is -2.49. The van der Waals surface area contributed by atoms with Crippen LogP contribution in [0.5, 0.6) is 5.75 Å². The normalized spacial score (nSPS) is 17.0. The highest BCUT2D eigenvalue weighted by Gasteiger charge is 2.20. The van der Waals surface area contributed by atoms with E-state index in [-0.39, 0.29) is 11.6 Å². The van der Waals surface area contributed by atoms with Crippen molar-refractivity contribution in [2.75, 3.05) is 5.32 Å². The van der Waals surface area contributed by atoms with Crippen molar-refractivity contribution in [1.82, 2.24) is 0 Å². The number of rotatable bonds is 3. The largest absolute Gasteiger partial charge is 0.508 e. The predicted molar refractivity (Wildman–Crippen MR) is 80.8 cm³/mol. The van der Waals surface area contributed by atoms with E-state index in [2.05, 4.69) is 5.32 Å². The summed E-state index contributed by atoms with van der Waals surface area (Å²) in [6.45, 7) is 0. The van der Waals surface area contributed by atoms with Crippen LogP contribution in [0.4, 0.5) is 5.69 Å². The van der Waals surface area contributed by atoms with Gasteiger partial charge in [0.05, 0.1) is 11.6 Å². The monoisotopic (exact) mass is 283 g/mol. The van der Waals surface area contributed by atoms with Gasteiger partial charge in [-0.15, -0.1) is 0 Å². The average Bonchev–Trinajstić information content (AvgIpc) is 2.47. The lowest BCUT2D eigenvalue weighted by atomic mass is 9.87. The number of phenolic OH excluding ortho intramolecular Hbond substituents is 1. The van der Waals surface area contributed by atoms with Crippen molar-refractivity contribution < 1.29 is 15.0 Å². The topological polar surface area (TPSA) is 69.6 Å². The number of benzene rings is 2. The van der Waals surface area contributed by atoms with Gasteiger partial charge in [-0.2, -0.15) is 0 Å². The molecule has 0 bridgehead atoms. The van der Waals surface area contributed by atoms with Gasteiger partial charge in [-0.05, 0) is 60.7 Å². The van der Waals surface area contributed by atoms with Gasteiger partial charge in [-0.25, -0.2) is 4.79 Å². The molecule has 0 fully saturated rings. The van der Waals surface area contributed by atoms with E-state index in [1.54, 1.807) is 24.3 Å². The third-order valence-electron chi connectivity index (χ3n) is 3.89. The van der Waals surface area contributed by atoms with E-state index in [1.807, 2.05) is 18.2 Å². The number of carbonyl (C=O) groups is 1. The smallest absolute Gasteiger partial charge is 0.335 e. The summed E-state index contributed by atoms with van der Waals surface area (Å²) in [5, 5.41) is 22.0. The number of aryl methyl sites for hydroxylation is 1. The maximum atomic E-state index is 11.0. The molecule has 0 spiro atoms. The molecule has 108 valence electrons. The van der Waals surface area contributed by atoms with Crippen LogP contribution in [0.2, 0.25) is 0 Å². The first-order valence-corrected chi connectivity index (χ1v) is 7.05.